The highest BCUT2D eigenvalue weighted by atomic mass is 19.1. The molecular weight excluding hydrogens is 468 g/mol. The second-order valence-electron chi connectivity index (χ2n) is 10.0. The van der Waals surface area contributed by atoms with Crippen LogP contribution in [0.1, 0.15) is 66.6 Å². The van der Waals surface area contributed by atoms with Crippen molar-refractivity contribution < 1.29 is 18.7 Å². The summed E-state index contributed by atoms with van der Waals surface area (Å²) in [6.07, 6.45) is 2.66. The van der Waals surface area contributed by atoms with Gasteiger partial charge in [0.2, 0.25) is 5.95 Å². The van der Waals surface area contributed by atoms with Crippen molar-refractivity contribution in [2.45, 2.75) is 57.1 Å². The number of nitrogens with zero attached hydrogens (tertiary/aromatic N) is 6. The molecule has 2 aliphatic rings. The lowest BCUT2D eigenvalue weighted by Crippen LogP contribution is -2.45. The van der Waals surface area contributed by atoms with Crippen molar-refractivity contribution in [3.63, 3.8) is 0 Å². The predicted molar refractivity (Wildman–Crippen MR) is 127 cm³/mol. The Morgan fingerprint density at radius 2 is 2.00 bits per heavy atom. The van der Waals surface area contributed by atoms with Crippen LogP contribution < -0.4 is 5.73 Å². The first-order valence-electron chi connectivity index (χ1n) is 12.0. The summed E-state index contributed by atoms with van der Waals surface area (Å²) in [6.45, 7) is 4.11. The highest BCUT2D eigenvalue weighted by Gasteiger charge is 2.36. The van der Waals surface area contributed by atoms with Gasteiger partial charge in [0.05, 0.1) is 11.0 Å². The zero-order valence-corrected chi connectivity index (χ0v) is 19.9. The van der Waals surface area contributed by atoms with Gasteiger partial charge < -0.3 is 15.7 Å². The number of aromatic nitrogens is 5. The van der Waals surface area contributed by atoms with E-state index in [0.29, 0.717) is 30.9 Å². The van der Waals surface area contributed by atoms with Crippen LogP contribution in [0, 0.1) is 11.6 Å². The molecule has 0 radical (unpaired) electrons. The molecule has 3 aromatic heterocycles. The van der Waals surface area contributed by atoms with Crippen LogP contribution in [0.3, 0.4) is 0 Å². The van der Waals surface area contributed by atoms with Crippen molar-refractivity contribution in [1.82, 2.24) is 29.5 Å². The largest absolute Gasteiger partial charge is 0.385 e. The number of rotatable bonds is 2. The standard InChI is InChI=1S/C25H25F2N7O2/c1-12-3-4-13(11-33(12)23(35)19-6-5-16-18(29-19)7-8-25(16,2)36)21-31-22-15-9-14(26)10-17(27)20(15)30-24(28)34(22)32-21/h5-6,9-10,12-13,36H,3-4,7-8,11H2,1-2H3,(H2,28,30)/t12-,13+,25?/m0/s1. The number of fused-ring (bicyclic) bond motifs is 4. The van der Waals surface area contributed by atoms with E-state index in [-0.39, 0.29) is 40.4 Å². The molecule has 0 bridgehead atoms. The fourth-order valence-electron chi connectivity index (χ4n) is 5.39. The van der Waals surface area contributed by atoms with Gasteiger partial charge in [-0.05, 0) is 51.7 Å². The van der Waals surface area contributed by atoms with Gasteiger partial charge in [-0.15, -0.1) is 5.10 Å². The van der Waals surface area contributed by atoms with Gasteiger partial charge in [-0.25, -0.2) is 23.7 Å². The number of pyridine rings is 1. The van der Waals surface area contributed by atoms with Gasteiger partial charge in [-0.2, -0.15) is 4.52 Å². The van der Waals surface area contributed by atoms with E-state index >= 15 is 0 Å². The summed E-state index contributed by atoms with van der Waals surface area (Å²) in [5, 5.41) is 15.2. The zero-order valence-electron chi connectivity index (χ0n) is 19.9. The average molecular weight is 494 g/mol. The van der Waals surface area contributed by atoms with Crippen LogP contribution in [-0.4, -0.2) is 53.1 Å². The highest BCUT2D eigenvalue weighted by Crippen LogP contribution is 2.36. The summed E-state index contributed by atoms with van der Waals surface area (Å²) in [6, 6.07) is 5.36. The molecule has 1 aliphatic heterocycles. The van der Waals surface area contributed by atoms with Gasteiger partial charge in [0, 0.05) is 35.8 Å². The number of benzene rings is 1. The van der Waals surface area contributed by atoms with Crippen molar-refractivity contribution in [3.05, 3.63) is 58.7 Å². The molecule has 4 aromatic rings. The Bertz CT molecular complexity index is 1550. The molecule has 0 saturated carbocycles. The second kappa shape index (κ2) is 7.89. The number of aliphatic hydroxyl groups is 1. The molecule has 6 rings (SSSR count). The normalized spacial score (nSPS) is 24.0. The number of aryl methyl sites for hydroxylation is 1. The van der Waals surface area contributed by atoms with Crippen molar-refractivity contribution in [3.8, 4) is 0 Å². The number of anilines is 1. The fourth-order valence-corrected chi connectivity index (χ4v) is 5.39. The van der Waals surface area contributed by atoms with Gasteiger partial charge in [-0.3, -0.25) is 4.79 Å². The summed E-state index contributed by atoms with van der Waals surface area (Å²) in [5.41, 5.74) is 7.09. The van der Waals surface area contributed by atoms with E-state index in [4.69, 9.17) is 5.73 Å². The third-order valence-electron chi connectivity index (χ3n) is 7.47. The Hall–Kier alpha value is -3.73. The van der Waals surface area contributed by atoms with Crippen molar-refractivity contribution in [2.24, 2.45) is 0 Å². The summed E-state index contributed by atoms with van der Waals surface area (Å²) < 4.78 is 29.5. The number of halogens is 2. The SMILES string of the molecule is C[C@H]1CC[C@@H](c2nc3c4cc(F)cc(F)c4nc(N)n3n2)CN1C(=O)c1ccc2c(n1)CCC2(C)O. The van der Waals surface area contributed by atoms with Crippen LogP contribution in [-0.2, 0) is 12.0 Å². The summed E-state index contributed by atoms with van der Waals surface area (Å²) in [5.74, 6) is -1.59. The minimum atomic E-state index is -0.922. The molecule has 11 heteroatoms. The Kier molecular flexibility index (Phi) is 4.98. The van der Waals surface area contributed by atoms with E-state index < -0.39 is 17.2 Å². The van der Waals surface area contributed by atoms with E-state index in [0.717, 1.165) is 36.2 Å². The Labute approximate surface area is 205 Å². The lowest BCUT2D eigenvalue weighted by Gasteiger charge is -2.37. The first-order chi connectivity index (χ1) is 17.1. The lowest BCUT2D eigenvalue weighted by molar-refractivity contribution is 0.0582. The third kappa shape index (κ3) is 3.48. The fraction of sp³-hybridized carbons (Fsp3) is 0.400. The average Bonchev–Trinajstić information content (AvgIpc) is 3.42. The van der Waals surface area contributed by atoms with Crippen LogP contribution in [0.15, 0.2) is 24.3 Å². The summed E-state index contributed by atoms with van der Waals surface area (Å²) >= 11 is 0. The first kappa shape index (κ1) is 22.7. The van der Waals surface area contributed by atoms with Gasteiger partial charge in [-0.1, -0.05) is 6.07 Å². The van der Waals surface area contributed by atoms with Crippen molar-refractivity contribution in [1.29, 1.82) is 0 Å². The monoisotopic (exact) mass is 493 g/mol. The van der Waals surface area contributed by atoms with Crippen molar-refractivity contribution >= 4 is 28.4 Å². The zero-order chi connectivity index (χ0) is 25.4. The Morgan fingerprint density at radius 1 is 1.19 bits per heavy atom. The Balaban J connectivity index is 1.33. The number of nitrogens with two attached hydrogens (primary N) is 1. The predicted octanol–water partition coefficient (Wildman–Crippen LogP) is 3.09. The van der Waals surface area contributed by atoms with Crippen LogP contribution in [0.25, 0.3) is 16.6 Å². The molecule has 1 fully saturated rings. The first-order valence-corrected chi connectivity index (χ1v) is 12.0. The van der Waals surface area contributed by atoms with Gasteiger partial charge >= 0.3 is 0 Å². The number of nitrogen functional groups attached to an aromatic ring is 1. The maximum Gasteiger partial charge on any atom is 0.272 e. The maximum atomic E-state index is 14.3. The van der Waals surface area contributed by atoms with E-state index in [9.17, 15) is 18.7 Å². The van der Waals surface area contributed by atoms with Crippen LogP contribution in [0.4, 0.5) is 14.7 Å². The number of amides is 1. The number of hydrogen-bond acceptors (Lipinski definition) is 7. The highest BCUT2D eigenvalue weighted by molar-refractivity contribution is 5.93. The summed E-state index contributed by atoms with van der Waals surface area (Å²) in [7, 11) is 0. The molecule has 36 heavy (non-hydrogen) atoms. The molecule has 9 nitrogen and oxygen atoms in total. The number of carbonyl (C=O) groups is 1. The number of carbonyl (C=O) groups excluding carboxylic acids is 1. The Morgan fingerprint density at radius 3 is 2.81 bits per heavy atom. The van der Waals surface area contributed by atoms with Crippen LogP contribution in [0.5, 0.6) is 0 Å². The van der Waals surface area contributed by atoms with Gasteiger partial charge in [0.15, 0.2) is 17.3 Å². The van der Waals surface area contributed by atoms with Gasteiger partial charge in [0.25, 0.3) is 5.91 Å². The molecule has 186 valence electrons. The molecule has 3 N–H and O–H groups in total. The van der Waals surface area contributed by atoms with Crippen LogP contribution in [0.2, 0.25) is 0 Å². The topological polar surface area (TPSA) is 123 Å². The molecule has 1 aromatic carbocycles. The molecule has 1 aliphatic carbocycles. The molecule has 4 heterocycles. The van der Waals surface area contributed by atoms with Crippen LogP contribution >= 0.6 is 0 Å². The van der Waals surface area contributed by atoms with E-state index in [1.165, 1.54) is 4.52 Å². The number of hydrogen-bond donors (Lipinski definition) is 2. The van der Waals surface area contributed by atoms with Gasteiger partial charge in [0.1, 0.15) is 17.0 Å². The third-order valence-corrected chi connectivity index (χ3v) is 7.47. The molecule has 3 atom stereocenters. The molecule has 1 amide bonds. The quantitative estimate of drug-likeness (QED) is 0.440. The van der Waals surface area contributed by atoms with E-state index in [2.05, 4.69) is 20.1 Å². The number of piperidine rings is 1. The lowest BCUT2D eigenvalue weighted by atomic mass is 9.92. The van der Waals surface area contributed by atoms with E-state index in [1.54, 1.807) is 24.0 Å². The maximum absolute atomic E-state index is 14.3. The van der Waals surface area contributed by atoms with Crippen molar-refractivity contribution in [2.75, 3.05) is 12.3 Å². The molecule has 0 spiro atoms. The smallest absolute Gasteiger partial charge is 0.272 e. The van der Waals surface area contributed by atoms with E-state index in [1.807, 2.05) is 6.92 Å². The number of likely N-dealkylation sites (tertiary alicyclic amines) is 1. The molecular formula is C25H25F2N7O2. The second-order valence-corrected chi connectivity index (χ2v) is 10.0. The molecule has 1 unspecified atom stereocenters. The minimum Gasteiger partial charge on any atom is -0.385 e. The minimum absolute atomic E-state index is 0.0142. The summed E-state index contributed by atoms with van der Waals surface area (Å²) in [4.78, 5) is 28.4. The molecule has 1 saturated heterocycles.